The van der Waals surface area contributed by atoms with Crippen LogP contribution in [-0.2, 0) is 6.42 Å². The standard InChI is InChI=1S/C10H11NS2/c12-10(13)11-7-3-5-8-4-1-2-6-9(8)11/h1-2,4,6H,3,5,7H2,(H,12,13). The van der Waals surface area contributed by atoms with Gasteiger partial charge in [-0.3, -0.25) is 0 Å². The Morgan fingerprint density at radius 1 is 1.38 bits per heavy atom. The molecule has 0 saturated heterocycles. The smallest absolute Gasteiger partial charge is 0.137 e. The molecule has 1 nitrogen and oxygen atoms in total. The summed E-state index contributed by atoms with van der Waals surface area (Å²) in [5.41, 5.74) is 2.61. The van der Waals surface area contributed by atoms with E-state index in [1.165, 1.54) is 11.3 Å². The summed E-state index contributed by atoms with van der Waals surface area (Å²) < 4.78 is 0.673. The summed E-state index contributed by atoms with van der Waals surface area (Å²) in [4.78, 5) is 2.09. The van der Waals surface area contributed by atoms with E-state index in [9.17, 15) is 0 Å². The normalized spacial score (nSPS) is 15.3. The lowest BCUT2D eigenvalue weighted by atomic mass is 10.0. The van der Waals surface area contributed by atoms with Crippen molar-refractivity contribution in [3.8, 4) is 0 Å². The van der Waals surface area contributed by atoms with Gasteiger partial charge in [0, 0.05) is 12.2 Å². The quantitative estimate of drug-likeness (QED) is 0.517. The summed E-state index contributed by atoms with van der Waals surface area (Å²) in [5.74, 6) is 0. The third-order valence-corrected chi connectivity index (χ3v) is 2.80. The fourth-order valence-corrected chi connectivity index (χ4v) is 2.13. The van der Waals surface area contributed by atoms with E-state index in [2.05, 4.69) is 35.7 Å². The maximum Gasteiger partial charge on any atom is 0.137 e. The Labute approximate surface area is 89.2 Å². The predicted octanol–water partition coefficient (Wildman–Crippen LogP) is 2.65. The van der Waals surface area contributed by atoms with E-state index in [1.807, 2.05) is 6.07 Å². The molecule has 0 amide bonds. The number of thiocarbonyl (C=S) groups is 1. The lowest BCUT2D eigenvalue weighted by molar-refractivity contribution is 0.784. The average molecular weight is 209 g/mol. The minimum atomic E-state index is 0.673. The minimum absolute atomic E-state index is 0.673. The van der Waals surface area contributed by atoms with Gasteiger partial charge >= 0.3 is 0 Å². The van der Waals surface area contributed by atoms with Gasteiger partial charge in [0.1, 0.15) is 4.32 Å². The van der Waals surface area contributed by atoms with Gasteiger partial charge in [0.25, 0.3) is 0 Å². The van der Waals surface area contributed by atoms with Gasteiger partial charge < -0.3 is 4.90 Å². The van der Waals surface area contributed by atoms with Crippen molar-refractivity contribution in [2.24, 2.45) is 0 Å². The van der Waals surface area contributed by atoms with Crippen LogP contribution in [0.5, 0.6) is 0 Å². The van der Waals surface area contributed by atoms with Gasteiger partial charge in [-0.15, -0.1) is 12.6 Å². The Balaban J connectivity index is 2.42. The molecule has 0 spiro atoms. The molecular formula is C10H11NS2. The Morgan fingerprint density at radius 3 is 2.92 bits per heavy atom. The molecule has 0 bridgehead atoms. The highest BCUT2D eigenvalue weighted by Gasteiger charge is 2.17. The molecule has 0 aromatic heterocycles. The molecule has 0 aliphatic carbocycles. The number of thiol groups is 1. The van der Waals surface area contributed by atoms with Gasteiger partial charge in [0.2, 0.25) is 0 Å². The Morgan fingerprint density at radius 2 is 2.15 bits per heavy atom. The van der Waals surface area contributed by atoms with Crippen LogP contribution in [-0.4, -0.2) is 10.9 Å². The summed E-state index contributed by atoms with van der Waals surface area (Å²) in [6.07, 6.45) is 2.32. The second-order valence-electron chi connectivity index (χ2n) is 3.17. The third-order valence-electron chi connectivity index (χ3n) is 2.34. The second kappa shape index (κ2) is 3.68. The van der Waals surface area contributed by atoms with E-state index in [0.717, 1.165) is 19.4 Å². The maximum absolute atomic E-state index is 5.08. The molecular weight excluding hydrogens is 198 g/mol. The average Bonchev–Trinajstić information content (AvgIpc) is 2.17. The number of para-hydroxylation sites is 1. The van der Waals surface area contributed by atoms with E-state index in [1.54, 1.807) is 0 Å². The highest BCUT2D eigenvalue weighted by Crippen LogP contribution is 2.27. The van der Waals surface area contributed by atoms with Gasteiger partial charge in [-0.2, -0.15) is 0 Å². The first-order valence-electron chi connectivity index (χ1n) is 4.37. The molecule has 1 aromatic carbocycles. The summed E-state index contributed by atoms with van der Waals surface area (Å²) >= 11 is 9.30. The van der Waals surface area contributed by atoms with Gasteiger partial charge in [-0.1, -0.05) is 30.4 Å². The second-order valence-corrected chi connectivity index (χ2v) is 4.28. The summed E-state index contributed by atoms with van der Waals surface area (Å²) in [6, 6.07) is 8.39. The molecule has 0 saturated carbocycles. The summed E-state index contributed by atoms with van der Waals surface area (Å²) in [5, 5.41) is 0. The molecule has 1 aromatic rings. The van der Waals surface area contributed by atoms with Gasteiger partial charge in [-0.25, -0.2) is 0 Å². The van der Waals surface area contributed by atoms with Gasteiger partial charge in [-0.05, 0) is 24.5 Å². The number of fused-ring (bicyclic) bond motifs is 1. The largest absolute Gasteiger partial charge is 0.327 e. The fourth-order valence-electron chi connectivity index (χ4n) is 1.73. The highest BCUT2D eigenvalue weighted by atomic mass is 32.1. The number of rotatable bonds is 0. The van der Waals surface area contributed by atoms with E-state index in [0.29, 0.717) is 4.32 Å². The van der Waals surface area contributed by atoms with E-state index in [4.69, 9.17) is 12.2 Å². The SMILES string of the molecule is S=C(S)N1CCCc2ccccc21. The zero-order valence-corrected chi connectivity index (χ0v) is 8.94. The first kappa shape index (κ1) is 9.03. The molecule has 1 aliphatic heterocycles. The molecule has 1 aliphatic rings. The molecule has 0 unspecified atom stereocenters. The predicted molar refractivity (Wildman–Crippen MR) is 63.7 cm³/mol. The third kappa shape index (κ3) is 1.71. The van der Waals surface area contributed by atoms with Crippen molar-refractivity contribution in [2.45, 2.75) is 12.8 Å². The zero-order chi connectivity index (χ0) is 9.26. The molecule has 0 atom stereocenters. The lowest BCUT2D eigenvalue weighted by Gasteiger charge is -2.29. The van der Waals surface area contributed by atoms with E-state index < -0.39 is 0 Å². The molecule has 2 rings (SSSR count). The van der Waals surface area contributed by atoms with Crippen molar-refractivity contribution >= 4 is 34.9 Å². The number of anilines is 1. The van der Waals surface area contributed by atoms with Gasteiger partial charge in [0.15, 0.2) is 0 Å². The molecule has 13 heavy (non-hydrogen) atoms. The van der Waals surface area contributed by atoms with Crippen LogP contribution in [0.15, 0.2) is 24.3 Å². The molecule has 0 radical (unpaired) electrons. The Kier molecular flexibility index (Phi) is 2.56. The van der Waals surface area contributed by atoms with Crippen LogP contribution in [0.25, 0.3) is 0 Å². The molecule has 1 heterocycles. The topological polar surface area (TPSA) is 3.24 Å². The monoisotopic (exact) mass is 209 g/mol. The lowest BCUT2D eigenvalue weighted by Crippen LogP contribution is -2.31. The fraction of sp³-hybridized carbons (Fsp3) is 0.300. The highest BCUT2D eigenvalue weighted by molar-refractivity contribution is 8.11. The number of nitrogens with zero attached hydrogens (tertiary/aromatic N) is 1. The first-order chi connectivity index (χ1) is 6.29. The van der Waals surface area contributed by atoms with Gasteiger partial charge in [0.05, 0.1) is 0 Å². The van der Waals surface area contributed by atoms with Crippen LogP contribution in [0.4, 0.5) is 5.69 Å². The van der Waals surface area contributed by atoms with Crippen molar-refractivity contribution in [1.29, 1.82) is 0 Å². The maximum atomic E-state index is 5.08. The van der Waals surface area contributed by atoms with E-state index in [-0.39, 0.29) is 0 Å². The Hall–Kier alpha value is -0.540. The van der Waals surface area contributed by atoms with Crippen LogP contribution < -0.4 is 4.90 Å². The molecule has 0 N–H and O–H groups in total. The minimum Gasteiger partial charge on any atom is -0.327 e. The van der Waals surface area contributed by atoms with Crippen LogP contribution in [0.1, 0.15) is 12.0 Å². The number of aryl methyl sites for hydroxylation is 1. The molecule has 3 heteroatoms. The number of hydrogen-bond acceptors (Lipinski definition) is 1. The zero-order valence-electron chi connectivity index (χ0n) is 7.23. The van der Waals surface area contributed by atoms with Crippen LogP contribution in [0.2, 0.25) is 0 Å². The molecule has 0 fully saturated rings. The number of benzene rings is 1. The van der Waals surface area contributed by atoms with Crippen molar-refractivity contribution in [2.75, 3.05) is 11.4 Å². The van der Waals surface area contributed by atoms with Crippen molar-refractivity contribution in [3.05, 3.63) is 29.8 Å². The van der Waals surface area contributed by atoms with Crippen LogP contribution >= 0.6 is 24.8 Å². The van der Waals surface area contributed by atoms with Crippen molar-refractivity contribution < 1.29 is 0 Å². The first-order valence-corrected chi connectivity index (χ1v) is 5.23. The summed E-state index contributed by atoms with van der Waals surface area (Å²) in [6.45, 7) is 0.999. The van der Waals surface area contributed by atoms with Crippen LogP contribution in [0.3, 0.4) is 0 Å². The summed E-state index contributed by atoms with van der Waals surface area (Å²) in [7, 11) is 0. The van der Waals surface area contributed by atoms with Crippen LogP contribution in [0, 0.1) is 0 Å². The Bertz CT molecular complexity index is 335. The molecule has 68 valence electrons. The van der Waals surface area contributed by atoms with Crippen molar-refractivity contribution in [1.82, 2.24) is 0 Å². The van der Waals surface area contributed by atoms with Crippen molar-refractivity contribution in [3.63, 3.8) is 0 Å². The van der Waals surface area contributed by atoms with E-state index >= 15 is 0 Å². The number of hydrogen-bond donors (Lipinski definition) is 1.